The van der Waals surface area contributed by atoms with E-state index in [1.54, 1.807) is 12.1 Å². The third kappa shape index (κ3) is 3.80. The summed E-state index contributed by atoms with van der Waals surface area (Å²) >= 11 is 0. The van der Waals surface area contributed by atoms with Crippen LogP contribution in [-0.2, 0) is 22.6 Å². The third-order valence-electron chi connectivity index (χ3n) is 6.54. The minimum Gasteiger partial charge on any atom is -0.449 e. The van der Waals surface area contributed by atoms with Crippen LogP contribution in [0, 0.1) is 0 Å². The number of benzene rings is 3. The van der Waals surface area contributed by atoms with Crippen molar-refractivity contribution in [1.29, 1.82) is 0 Å². The Morgan fingerprint density at radius 3 is 2.66 bits per heavy atom. The average Bonchev–Trinajstić information content (AvgIpc) is 3.39. The molecule has 3 heterocycles. The van der Waals surface area contributed by atoms with Crippen molar-refractivity contribution in [2.45, 2.75) is 26.1 Å². The van der Waals surface area contributed by atoms with Gasteiger partial charge in [0.2, 0.25) is 0 Å². The molecule has 1 fully saturated rings. The van der Waals surface area contributed by atoms with Crippen LogP contribution >= 0.6 is 0 Å². The summed E-state index contributed by atoms with van der Waals surface area (Å²) in [5.41, 5.74) is 4.90. The lowest BCUT2D eigenvalue weighted by atomic mass is 10.1. The Bertz CT molecular complexity index is 1560. The van der Waals surface area contributed by atoms with Gasteiger partial charge in [0.05, 0.1) is 43.5 Å². The number of aryl methyl sites for hydroxylation is 1. The van der Waals surface area contributed by atoms with Crippen LogP contribution in [0.3, 0.4) is 0 Å². The maximum atomic E-state index is 11.0. The van der Waals surface area contributed by atoms with Crippen LogP contribution < -0.4 is 4.74 Å². The number of fused-ring (bicyclic) bond motifs is 4. The van der Waals surface area contributed by atoms with E-state index < -0.39 is 6.16 Å². The molecule has 6 rings (SSSR count). The zero-order valence-corrected chi connectivity index (χ0v) is 19.3. The van der Waals surface area contributed by atoms with Crippen LogP contribution in [-0.4, -0.2) is 51.3 Å². The van der Waals surface area contributed by atoms with Crippen molar-refractivity contribution in [1.82, 2.24) is 14.1 Å². The van der Waals surface area contributed by atoms with Crippen molar-refractivity contribution in [3.63, 3.8) is 0 Å². The van der Waals surface area contributed by atoms with Crippen LogP contribution in [0.15, 0.2) is 60.7 Å². The standard InChI is InChI=1S/C27H25N3O5/c1-2-29-23-6-4-3-5-20(23)21-13-17(7-9-24(21)29)26-28-22-14-18(35-27(31)32)8-10-25(22)30(26)15-19-16-33-11-12-34-19/h3-10,13-14,19H,2,11-12,15-16H2,1H3,(H,31,32)/t19-/m0/s1. The summed E-state index contributed by atoms with van der Waals surface area (Å²) in [5.74, 6) is 1.02. The summed E-state index contributed by atoms with van der Waals surface area (Å²) in [6.45, 7) is 5.28. The maximum absolute atomic E-state index is 11.0. The van der Waals surface area contributed by atoms with Gasteiger partial charge in [-0.15, -0.1) is 0 Å². The first-order valence-electron chi connectivity index (χ1n) is 11.7. The van der Waals surface area contributed by atoms with Crippen LogP contribution in [0.4, 0.5) is 4.79 Å². The maximum Gasteiger partial charge on any atom is 0.511 e. The first-order chi connectivity index (χ1) is 17.1. The minimum atomic E-state index is -1.35. The smallest absolute Gasteiger partial charge is 0.449 e. The number of ether oxygens (including phenoxy) is 3. The normalized spacial score (nSPS) is 16.3. The van der Waals surface area contributed by atoms with Crippen molar-refractivity contribution in [3.05, 3.63) is 60.7 Å². The molecule has 0 bridgehead atoms. The van der Waals surface area contributed by atoms with Crippen molar-refractivity contribution >= 4 is 39.0 Å². The van der Waals surface area contributed by atoms with Crippen molar-refractivity contribution < 1.29 is 24.1 Å². The van der Waals surface area contributed by atoms with Crippen LogP contribution in [0.1, 0.15) is 6.92 Å². The zero-order valence-electron chi connectivity index (χ0n) is 19.3. The Kier molecular flexibility index (Phi) is 5.39. The summed E-state index contributed by atoms with van der Waals surface area (Å²) in [4.78, 5) is 16.0. The highest BCUT2D eigenvalue weighted by molar-refractivity contribution is 6.09. The van der Waals surface area contributed by atoms with E-state index in [1.807, 2.05) is 6.07 Å². The second-order valence-corrected chi connectivity index (χ2v) is 8.63. The lowest BCUT2D eigenvalue weighted by Crippen LogP contribution is -2.32. The molecule has 0 aliphatic carbocycles. The largest absolute Gasteiger partial charge is 0.511 e. The fraction of sp³-hybridized carbons (Fsp3) is 0.259. The minimum absolute atomic E-state index is 0.0967. The molecule has 0 spiro atoms. The summed E-state index contributed by atoms with van der Waals surface area (Å²) < 4.78 is 20.9. The van der Waals surface area contributed by atoms with Gasteiger partial charge in [0.25, 0.3) is 0 Å². The van der Waals surface area contributed by atoms with Gasteiger partial charge in [0, 0.05) is 40.0 Å². The first kappa shape index (κ1) is 21.6. The Morgan fingerprint density at radius 1 is 1.03 bits per heavy atom. The van der Waals surface area contributed by atoms with Crippen LogP contribution in [0.2, 0.25) is 0 Å². The number of rotatable bonds is 5. The monoisotopic (exact) mass is 471 g/mol. The van der Waals surface area contributed by atoms with Gasteiger partial charge in [0.1, 0.15) is 11.6 Å². The second-order valence-electron chi connectivity index (χ2n) is 8.63. The third-order valence-corrected chi connectivity index (χ3v) is 6.54. The molecule has 0 amide bonds. The van der Waals surface area contributed by atoms with Gasteiger partial charge in [-0.2, -0.15) is 0 Å². The number of carbonyl (C=O) groups is 1. The Morgan fingerprint density at radius 2 is 1.86 bits per heavy atom. The van der Waals surface area contributed by atoms with Gasteiger partial charge >= 0.3 is 6.16 Å². The van der Waals surface area contributed by atoms with E-state index in [2.05, 4.69) is 58.5 Å². The molecule has 2 aromatic heterocycles. The van der Waals surface area contributed by atoms with E-state index in [9.17, 15) is 4.79 Å². The zero-order chi connectivity index (χ0) is 23.9. The SMILES string of the molecule is CCn1c2ccccc2c2cc(-c3nc4cc(OC(=O)O)ccc4n3C[C@H]3COCCO3)ccc21. The highest BCUT2D eigenvalue weighted by Gasteiger charge is 2.21. The summed E-state index contributed by atoms with van der Waals surface area (Å²) in [6, 6.07) is 20.0. The number of para-hydroxylation sites is 1. The number of nitrogens with zero attached hydrogens (tertiary/aromatic N) is 3. The fourth-order valence-corrected chi connectivity index (χ4v) is 5.06. The van der Waals surface area contributed by atoms with E-state index in [1.165, 1.54) is 21.8 Å². The van der Waals surface area contributed by atoms with Crippen molar-refractivity contribution in [2.75, 3.05) is 19.8 Å². The van der Waals surface area contributed by atoms with Crippen molar-refractivity contribution in [3.8, 4) is 17.1 Å². The molecule has 0 unspecified atom stereocenters. The van der Waals surface area contributed by atoms with E-state index >= 15 is 0 Å². The molecular formula is C27H25N3O5. The molecule has 5 aromatic rings. The highest BCUT2D eigenvalue weighted by atomic mass is 16.7. The fourth-order valence-electron chi connectivity index (χ4n) is 5.06. The Hall–Kier alpha value is -3.88. The predicted octanol–water partition coefficient (Wildman–Crippen LogP) is 5.30. The van der Waals surface area contributed by atoms with Gasteiger partial charge in [0.15, 0.2) is 0 Å². The summed E-state index contributed by atoms with van der Waals surface area (Å²) in [5, 5.41) is 11.4. The molecule has 8 heteroatoms. The van der Waals surface area contributed by atoms with Gasteiger partial charge in [-0.1, -0.05) is 18.2 Å². The number of hydrogen-bond donors (Lipinski definition) is 1. The van der Waals surface area contributed by atoms with Crippen LogP contribution in [0.25, 0.3) is 44.2 Å². The van der Waals surface area contributed by atoms with E-state index in [0.29, 0.717) is 31.9 Å². The molecule has 1 atom stereocenters. The Balaban J connectivity index is 1.53. The molecule has 0 saturated carbocycles. The molecular weight excluding hydrogens is 446 g/mol. The molecule has 35 heavy (non-hydrogen) atoms. The van der Waals surface area contributed by atoms with Gasteiger partial charge in [-0.05, 0) is 43.3 Å². The molecule has 3 aromatic carbocycles. The second kappa shape index (κ2) is 8.72. The lowest BCUT2D eigenvalue weighted by molar-refractivity contribution is -0.0931. The Labute approximate surface area is 201 Å². The molecule has 1 aliphatic heterocycles. The molecule has 1 aliphatic rings. The molecule has 178 valence electrons. The van der Waals surface area contributed by atoms with Crippen molar-refractivity contribution in [2.24, 2.45) is 0 Å². The molecule has 1 saturated heterocycles. The number of hydrogen-bond acceptors (Lipinski definition) is 5. The summed E-state index contributed by atoms with van der Waals surface area (Å²) in [6.07, 6.45) is -1.45. The van der Waals surface area contributed by atoms with Gasteiger partial charge < -0.3 is 28.5 Å². The summed E-state index contributed by atoms with van der Waals surface area (Å²) in [7, 11) is 0. The number of aromatic nitrogens is 3. The lowest BCUT2D eigenvalue weighted by Gasteiger charge is -2.24. The number of carboxylic acid groups (broad SMARTS) is 1. The molecule has 1 N–H and O–H groups in total. The molecule has 8 nitrogen and oxygen atoms in total. The molecule has 0 radical (unpaired) electrons. The topological polar surface area (TPSA) is 87.7 Å². The van der Waals surface area contributed by atoms with E-state index in [4.69, 9.17) is 24.3 Å². The number of imidazole rings is 1. The highest BCUT2D eigenvalue weighted by Crippen LogP contribution is 2.34. The van der Waals surface area contributed by atoms with Gasteiger partial charge in [-0.25, -0.2) is 9.78 Å². The first-order valence-corrected chi connectivity index (χ1v) is 11.7. The van der Waals surface area contributed by atoms with Crippen LogP contribution in [0.5, 0.6) is 5.75 Å². The van der Waals surface area contributed by atoms with E-state index in [0.717, 1.165) is 23.4 Å². The quantitative estimate of drug-likeness (QED) is 0.276. The predicted molar refractivity (Wildman–Crippen MR) is 133 cm³/mol. The van der Waals surface area contributed by atoms with E-state index in [-0.39, 0.29) is 11.9 Å². The average molecular weight is 472 g/mol. The van der Waals surface area contributed by atoms with Gasteiger partial charge in [-0.3, -0.25) is 0 Å².